The summed E-state index contributed by atoms with van der Waals surface area (Å²) in [6.07, 6.45) is 3.70. The Morgan fingerprint density at radius 1 is 1.27 bits per heavy atom. The van der Waals surface area contributed by atoms with Crippen molar-refractivity contribution in [2.75, 3.05) is 20.2 Å². The largest absolute Gasteiger partial charge is 0.495 e. The van der Waals surface area contributed by atoms with E-state index in [-0.39, 0.29) is 5.97 Å². The lowest BCUT2D eigenvalue weighted by Crippen LogP contribution is -2.33. The van der Waals surface area contributed by atoms with E-state index < -0.39 is 0 Å². The van der Waals surface area contributed by atoms with Gasteiger partial charge in [-0.3, -0.25) is 4.90 Å². The van der Waals surface area contributed by atoms with Gasteiger partial charge in [0.15, 0.2) is 5.82 Å². The van der Waals surface area contributed by atoms with Crippen LogP contribution in [0.1, 0.15) is 43.9 Å². The lowest BCUT2D eigenvalue weighted by atomic mass is 9.96. The fourth-order valence-electron chi connectivity index (χ4n) is 4.57. The fourth-order valence-corrected chi connectivity index (χ4v) is 4.57. The number of carbonyl (C=O) groups excluding carboxylic acids is 1. The Kier molecular flexibility index (Phi) is 5.53. The van der Waals surface area contributed by atoms with E-state index in [9.17, 15) is 10.1 Å². The molecule has 0 radical (unpaired) electrons. The van der Waals surface area contributed by atoms with E-state index in [0.29, 0.717) is 29.3 Å². The number of esters is 1. The second-order valence-electron chi connectivity index (χ2n) is 8.42. The Labute approximate surface area is 192 Å². The number of hydrogen-bond acceptors (Lipinski definition) is 7. The molecule has 166 valence electrons. The van der Waals surface area contributed by atoms with Crippen LogP contribution in [0.3, 0.4) is 0 Å². The van der Waals surface area contributed by atoms with Crippen molar-refractivity contribution in [1.82, 2.24) is 14.9 Å². The highest BCUT2D eigenvalue weighted by atomic mass is 16.5. The third-order valence-electron chi connectivity index (χ3n) is 6.57. The monoisotopic (exact) mass is 440 g/mol. The highest BCUT2D eigenvalue weighted by Crippen LogP contribution is 2.28. The van der Waals surface area contributed by atoms with Crippen LogP contribution in [0.2, 0.25) is 0 Å². The van der Waals surface area contributed by atoms with Gasteiger partial charge in [0.05, 0.1) is 23.9 Å². The number of benzene rings is 2. The molecule has 0 atom stereocenters. The summed E-state index contributed by atoms with van der Waals surface area (Å²) in [7, 11) is 1.56. The smallest absolute Gasteiger partial charge is 0.338 e. The van der Waals surface area contributed by atoms with Gasteiger partial charge in [0, 0.05) is 48.9 Å². The van der Waals surface area contributed by atoms with Gasteiger partial charge in [-0.1, -0.05) is 6.07 Å². The molecule has 7 nitrogen and oxygen atoms in total. The third-order valence-corrected chi connectivity index (χ3v) is 6.57. The van der Waals surface area contributed by atoms with Gasteiger partial charge in [-0.15, -0.1) is 0 Å². The topological polar surface area (TPSA) is 88.3 Å². The molecule has 2 aliphatic heterocycles. The van der Waals surface area contributed by atoms with Crippen LogP contribution >= 0.6 is 0 Å². The minimum atomic E-state index is -0.217. The van der Waals surface area contributed by atoms with E-state index in [0.717, 1.165) is 54.9 Å². The zero-order valence-electron chi connectivity index (χ0n) is 18.7. The van der Waals surface area contributed by atoms with Crippen LogP contribution in [0.5, 0.6) is 5.75 Å². The van der Waals surface area contributed by atoms with Crippen LogP contribution in [0.15, 0.2) is 36.5 Å². The van der Waals surface area contributed by atoms with Crippen LogP contribution in [-0.2, 0) is 30.7 Å². The summed E-state index contributed by atoms with van der Waals surface area (Å²) in [6, 6.07) is 11.5. The molecule has 0 aliphatic carbocycles. The first kappa shape index (κ1) is 21.1. The fraction of sp³-hybridized carbons (Fsp3) is 0.308. The maximum atomic E-state index is 11.8. The van der Waals surface area contributed by atoms with Crippen LogP contribution in [0, 0.1) is 18.3 Å². The first-order valence-electron chi connectivity index (χ1n) is 11.0. The molecule has 0 unspecified atom stereocenters. The standard InChI is InChI=1S/C26H24N4O3/c1-16-17(5-6-21-22(16)15-33-26(21)31)7-9-30-10-8-23-20(14-30)13-28-25(29-23)18-3-4-19(12-27)24(11-18)32-2/h3-6,11,13H,7-10,14-15H2,1-2H3. The van der Waals surface area contributed by atoms with Gasteiger partial charge in [-0.2, -0.15) is 5.26 Å². The number of ether oxygens (including phenoxy) is 2. The van der Waals surface area contributed by atoms with Crippen molar-refractivity contribution < 1.29 is 14.3 Å². The quantitative estimate of drug-likeness (QED) is 0.560. The van der Waals surface area contributed by atoms with Crippen molar-refractivity contribution in [2.24, 2.45) is 0 Å². The summed E-state index contributed by atoms with van der Waals surface area (Å²) in [5.41, 5.74) is 7.72. The summed E-state index contributed by atoms with van der Waals surface area (Å²) in [6.45, 7) is 5.15. The molecule has 5 rings (SSSR count). The Bertz CT molecular complexity index is 1300. The molecule has 0 saturated heterocycles. The Morgan fingerprint density at radius 3 is 2.97 bits per heavy atom. The maximum absolute atomic E-state index is 11.8. The summed E-state index contributed by atoms with van der Waals surface area (Å²) in [5, 5.41) is 9.19. The average Bonchev–Trinajstić information content (AvgIpc) is 3.24. The number of hydrogen-bond donors (Lipinski definition) is 0. The van der Waals surface area contributed by atoms with Gasteiger partial charge in [-0.25, -0.2) is 14.8 Å². The van der Waals surface area contributed by atoms with E-state index in [1.807, 2.05) is 24.4 Å². The lowest BCUT2D eigenvalue weighted by Gasteiger charge is -2.28. The molecule has 0 amide bonds. The Balaban J connectivity index is 1.28. The van der Waals surface area contributed by atoms with Gasteiger partial charge in [0.2, 0.25) is 0 Å². The lowest BCUT2D eigenvalue weighted by molar-refractivity contribution is 0.0535. The predicted molar refractivity (Wildman–Crippen MR) is 122 cm³/mol. The van der Waals surface area contributed by atoms with E-state index in [4.69, 9.17) is 14.5 Å². The third kappa shape index (κ3) is 3.94. The molecule has 3 aromatic rings. The minimum Gasteiger partial charge on any atom is -0.495 e. The number of nitriles is 1. The second-order valence-corrected chi connectivity index (χ2v) is 8.42. The second kappa shape index (κ2) is 8.64. The van der Waals surface area contributed by atoms with Crippen LogP contribution in [0.25, 0.3) is 11.4 Å². The van der Waals surface area contributed by atoms with Gasteiger partial charge >= 0.3 is 5.97 Å². The molecule has 7 heteroatoms. The van der Waals surface area contributed by atoms with Crippen molar-refractivity contribution in [2.45, 2.75) is 32.9 Å². The highest BCUT2D eigenvalue weighted by Gasteiger charge is 2.24. The van der Waals surface area contributed by atoms with Crippen molar-refractivity contribution in [3.63, 3.8) is 0 Å². The van der Waals surface area contributed by atoms with Crippen molar-refractivity contribution >= 4 is 5.97 Å². The molecule has 0 N–H and O–H groups in total. The molecular weight excluding hydrogens is 416 g/mol. The summed E-state index contributed by atoms with van der Waals surface area (Å²) < 4.78 is 10.5. The molecule has 0 bridgehead atoms. The van der Waals surface area contributed by atoms with E-state index in [1.165, 1.54) is 11.1 Å². The number of rotatable bonds is 5. The molecular formula is C26H24N4O3. The molecule has 33 heavy (non-hydrogen) atoms. The molecule has 0 spiro atoms. The molecule has 2 aliphatic rings. The summed E-state index contributed by atoms with van der Waals surface area (Å²) in [5.74, 6) is 0.960. The number of fused-ring (bicyclic) bond motifs is 2. The first-order chi connectivity index (χ1) is 16.1. The van der Waals surface area contributed by atoms with Gasteiger partial charge in [0.25, 0.3) is 0 Å². The normalized spacial score (nSPS) is 14.9. The van der Waals surface area contributed by atoms with Gasteiger partial charge < -0.3 is 9.47 Å². The first-order valence-corrected chi connectivity index (χ1v) is 11.0. The number of aromatic nitrogens is 2. The Morgan fingerprint density at radius 2 is 2.15 bits per heavy atom. The minimum absolute atomic E-state index is 0.217. The summed E-state index contributed by atoms with van der Waals surface area (Å²) >= 11 is 0. The highest BCUT2D eigenvalue weighted by molar-refractivity contribution is 5.93. The molecule has 3 heterocycles. The van der Waals surface area contributed by atoms with Gasteiger partial charge in [-0.05, 0) is 48.7 Å². The van der Waals surface area contributed by atoms with E-state index >= 15 is 0 Å². The SMILES string of the molecule is COc1cc(-c2ncc3c(n2)CCN(CCc2ccc4c(c2C)COC4=O)C3)ccc1C#N. The average molecular weight is 441 g/mol. The van der Waals surface area contributed by atoms with E-state index in [1.54, 1.807) is 13.2 Å². The number of methoxy groups -OCH3 is 1. The molecule has 0 fully saturated rings. The van der Waals surface area contributed by atoms with Crippen molar-refractivity contribution in [3.8, 4) is 23.2 Å². The van der Waals surface area contributed by atoms with Crippen molar-refractivity contribution in [1.29, 1.82) is 5.26 Å². The number of cyclic esters (lactones) is 1. The number of nitrogens with zero attached hydrogens (tertiary/aromatic N) is 4. The molecule has 1 aromatic heterocycles. The molecule has 2 aromatic carbocycles. The maximum Gasteiger partial charge on any atom is 0.338 e. The van der Waals surface area contributed by atoms with Crippen LogP contribution in [0.4, 0.5) is 0 Å². The van der Waals surface area contributed by atoms with Crippen LogP contribution in [-0.4, -0.2) is 41.0 Å². The summed E-state index contributed by atoms with van der Waals surface area (Å²) in [4.78, 5) is 23.6. The van der Waals surface area contributed by atoms with Gasteiger partial charge in [0.1, 0.15) is 18.4 Å². The Hall–Kier alpha value is -3.76. The number of carbonyl (C=O) groups is 1. The van der Waals surface area contributed by atoms with Crippen LogP contribution < -0.4 is 4.74 Å². The predicted octanol–water partition coefficient (Wildman–Crippen LogP) is 3.60. The zero-order valence-corrected chi connectivity index (χ0v) is 18.7. The zero-order chi connectivity index (χ0) is 22.9. The van der Waals surface area contributed by atoms with Crippen molar-refractivity contribution in [3.05, 3.63) is 75.6 Å². The molecule has 0 saturated carbocycles. The van der Waals surface area contributed by atoms with E-state index in [2.05, 4.69) is 28.9 Å².